The summed E-state index contributed by atoms with van der Waals surface area (Å²) in [5.74, 6) is 0.675. The fourth-order valence-corrected chi connectivity index (χ4v) is 7.30. The molecule has 0 saturated heterocycles. The summed E-state index contributed by atoms with van der Waals surface area (Å²) in [5.41, 5.74) is 2.39. The highest BCUT2D eigenvalue weighted by Gasteiger charge is 2.59. The van der Waals surface area contributed by atoms with Gasteiger partial charge in [0, 0.05) is 18.2 Å². The highest BCUT2D eigenvalue weighted by atomic mass is 16.3. The maximum absolute atomic E-state index is 13.3. The number of rotatable bonds is 3. The Morgan fingerprint density at radius 1 is 1.25 bits per heavy atom. The molecular weight excluding hydrogens is 398 g/mol. The van der Waals surface area contributed by atoms with Gasteiger partial charge in [0.15, 0.2) is 0 Å². The Bertz CT molecular complexity index is 939. The Morgan fingerprint density at radius 2 is 2.09 bits per heavy atom. The maximum Gasteiger partial charge on any atom is 0.228 e. The van der Waals surface area contributed by atoms with Gasteiger partial charge in [-0.25, -0.2) is 0 Å². The molecule has 5 heteroatoms. The van der Waals surface area contributed by atoms with Crippen molar-refractivity contribution in [2.75, 3.05) is 19.4 Å². The quantitative estimate of drug-likeness (QED) is 0.730. The van der Waals surface area contributed by atoms with Gasteiger partial charge < -0.3 is 15.3 Å². The highest BCUT2D eigenvalue weighted by molar-refractivity contribution is 5.93. The van der Waals surface area contributed by atoms with Crippen molar-refractivity contribution in [2.24, 2.45) is 23.2 Å². The second kappa shape index (κ2) is 8.11. The van der Waals surface area contributed by atoms with E-state index in [4.69, 9.17) is 0 Å². The predicted molar refractivity (Wildman–Crippen MR) is 127 cm³/mol. The summed E-state index contributed by atoms with van der Waals surface area (Å²) in [6.07, 6.45) is 16.0. The van der Waals surface area contributed by atoms with Gasteiger partial charge in [-0.3, -0.25) is 9.78 Å². The zero-order valence-corrected chi connectivity index (χ0v) is 19.7. The summed E-state index contributed by atoms with van der Waals surface area (Å²) in [4.78, 5) is 19.7. The smallest absolute Gasteiger partial charge is 0.228 e. The summed E-state index contributed by atoms with van der Waals surface area (Å²) < 4.78 is 0. The van der Waals surface area contributed by atoms with Crippen molar-refractivity contribution in [3.63, 3.8) is 0 Å². The molecule has 2 N–H and O–H groups in total. The molecule has 0 radical (unpaired) electrons. The van der Waals surface area contributed by atoms with Gasteiger partial charge in [0.2, 0.25) is 5.91 Å². The summed E-state index contributed by atoms with van der Waals surface area (Å²) in [6, 6.07) is 4.36. The van der Waals surface area contributed by atoms with Gasteiger partial charge in [-0.1, -0.05) is 24.6 Å². The van der Waals surface area contributed by atoms with Gasteiger partial charge in [0.25, 0.3) is 0 Å². The molecule has 5 rings (SSSR count). The average molecular weight is 436 g/mol. The molecule has 0 aliphatic heterocycles. The van der Waals surface area contributed by atoms with Crippen LogP contribution in [0.4, 0.5) is 5.69 Å². The van der Waals surface area contributed by atoms with Gasteiger partial charge in [0.05, 0.1) is 17.5 Å². The molecule has 0 aromatic carbocycles. The Hall–Kier alpha value is -1.98. The highest BCUT2D eigenvalue weighted by Crippen LogP contribution is 2.61. The SMILES string of the molecule is CN(C)C1CCC2=CC3=CCC4(C)C(C(=O)Nc5cccnc5)CCC4C3(O)CCC2C1. The van der Waals surface area contributed by atoms with Crippen LogP contribution >= 0.6 is 0 Å². The van der Waals surface area contributed by atoms with Crippen LogP contribution in [0.1, 0.15) is 58.3 Å². The molecule has 4 aliphatic rings. The number of aromatic nitrogens is 1. The minimum absolute atomic E-state index is 0.0675. The summed E-state index contributed by atoms with van der Waals surface area (Å²) >= 11 is 0. The zero-order valence-electron chi connectivity index (χ0n) is 19.7. The third-order valence-electron chi connectivity index (χ3n) is 9.21. The first-order chi connectivity index (χ1) is 15.3. The number of amides is 1. The minimum Gasteiger partial charge on any atom is -0.385 e. The molecule has 1 amide bonds. The molecule has 1 heterocycles. The second-order valence-corrected chi connectivity index (χ2v) is 11.1. The van der Waals surface area contributed by atoms with E-state index in [2.05, 4.69) is 48.4 Å². The van der Waals surface area contributed by atoms with Crippen molar-refractivity contribution in [1.29, 1.82) is 0 Å². The number of carbonyl (C=O) groups excluding carboxylic acids is 1. The Labute approximate surface area is 192 Å². The zero-order chi connectivity index (χ0) is 22.5. The molecule has 172 valence electrons. The van der Waals surface area contributed by atoms with Crippen LogP contribution in [0.15, 0.2) is 47.8 Å². The fraction of sp³-hybridized carbons (Fsp3) is 0.630. The fourth-order valence-electron chi connectivity index (χ4n) is 7.30. The number of anilines is 1. The molecule has 6 atom stereocenters. The Morgan fingerprint density at radius 3 is 2.84 bits per heavy atom. The third-order valence-corrected chi connectivity index (χ3v) is 9.21. The van der Waals surface area contributed by atoms with Gasteiger partial charge in [-0.2, -0.15) is 0 Å². The molecule has 4 aliphatic carbocycles. The largest absolute Gasteiger partial charge is 0.385 e. The lowest BCUT2D eigenvalue weighted by Gasteiger charge is -2.48. The molecule has 0 spiro atoms. The molecule has 5 nitrogen and oxygen atoms in total. The number of nitrogens with one attached hydrogen (secondary N) is 1. The second-order valence-electron chi connectivity index (χ2n) is 11.1. The third kappa shape index (κ3) is 3.54. The van der Waals surface area contributed by atoms with E-state index >= 15 is 0 Å². The Kier molecular flexibility index (Phi) is 5.53. The first-order valence-electron chi connectivity index (χ1n) is 12.3. The summed E-state index contributed by atoms with van der Waals surface area (Å²) in [7, 11) is 4.37. The molecular formula is C27H37N3O2. The van der Waals surface area contributed by atoms with Gasteiger partial charge in [-0.05, 0) is 100 Å². The van der Waals surface area contributed by atoms with E-state index in [-0.39, 0.29) is 23.2 Å². The van der Waals surface area contributed by atoms with Crippen molar-refractivity contribution < 1.29 is 9.90 Å². The number of carbonyl (C=O) groups is 1. The number of nitrogens with zero attached hydrogens (tertiary/aromatic N) is 2. The van der Waals surface area contributed by atoms with Crippen LogP contribution in [0, 0.1) is 23.2 Å². The standard InChI is InChI=1S/C27H37N3O2/c1-26-12-11-20-15-18-6-7-22(30(2)3)16-19(18)10-13-27(20,32)24(26)9-8-23(26)25(31)29-21-5-4-14-28-17-21/h4-5,11,14-15,17,19,22-24,32H,6-10,12-13,16H2,1-3H3,(H,29,31). The molecule has 0 bridgehead atoms. The lowest BCUT2D eigenvalue weighted by Crippen LogP contribution is -2.50. The van der Waals surface area contributed by atoms with Crippen LogP contribution in [-0.4, -0.2) is 46.6 Å². The number of hydrogen-bond donors (Lipinski definition) is 2. The Balaban J connectivity index is 1.39. The monoisotopic (exact) mass is 435 g/mol. The van der Waals surface area contributed by atoms with Crippen LogP contribution in [0.5, 0.6) is 0 Å². The molecule has 2 saturated carbocycles. The number of hydrogen-bond acceptors (Lipinski definition) is 4. The molecule has 32 heavy (non-hydrogen) atoms. The average Bonchev–Trinajstić information content (AvgIpc) is 3.06. The van der Waals surface area contributed by atoms with Crippen molar-refractivity contribution >= 4 is 11.6 Å². The normalized spacial score (nSPS) is 38.7. The van der Waals surface area contributed by atoms with Crippen molar-refractivity contribution in [3.8, 4) is 0 Å². The van der Waals surface area contributed by atoms with Crippen LogP contribution < -0.4 is 5.32 Å². The number of aliphatic hydroxyl groups is 1. The van der Waals surface area contributed by atoms with Gasteiger partial charge in [0.1, 0.15) is 0 Å². The van der Waals surface area contributed by atoms with Gasteiger partial charge >= 0.3 is 0 Å². The first-order valence-corrected chi connectivity index (χ1v) is 12.3. The van der Waals surface area contributed by atoms with Gasteiger partial charge in [-0.15, -0.1) is 0 Å². The molecule has 1 aromatic heterocycles. The van der Waals surface area contributed by atoms with Crippen LogP contribution in [-0.2, 0) is 4.79 Å². The lowest BCUT2D eigenvalue weighted by atomic mass is 9.58. The van der Waals surface area contributed by atoms with E-state index < -0.39 is 5.60 Å². The number of pyridine rings is 1. The van der Waals surface area contributed by atoms with Crippen molar-refractivity contribution in [3.05, 3.63) is 47.8 Å². The van der Waals surface area contributed by atoms with E-state index in [1.54, 1.807) is 12.4 Å². The van der Waals surface area contributed by atoms with E-state index in [9.17, 15) is 9.90 Å². The van der Waals surface area contributed by atoms with Crippen LogP contribution in [0.2, 0.25) is 0 Å². The van der Waals surface area contributed by atoms with Crippen molar-refractivity contribution in [2.45, 2.75) is 69.9 Å². The summed E-state index contributed by atoms with van der Waals surface area (Å²) in [6.45, 7) is 2.23. The topological polar surface area (TPSA) is 65.5 Å². The number of allylic oxidation sites excluding steroid dienone is 2. The lowest BCUT2D eigenvalue weighted by molar-refractivity contribution is -0.125. The summed E-state index contributed by atoms with van der Waals surface area (Å²) in [5, 5.41) is 15.2. The van der Waals surface area contributed by atoms with E-state index in [0.29, 0.717) is 12.0 Å². The molecule has 2 fully saturated rings. The molecule has 6 unspecified atom stereocenters. The van der Waals surface area contributed by atoms with Crippen molar-refractivity contribution in [1.82, 2.24) is 9.88 Å². The first kappa shape index (κ1) is 21.8. The predicted octanol–water partition coefficient (Wildman–Crippen LogP) is 4.56. The van der Waals surface area contributed by atoms with Crippen LogP contribution in [0.3, 0.4) is 0 Å². The van der Waals surface area contributed by atoms with E-state index in [0.717, 1.165) is 49.8 Å². The van der Waals surface area contributed by atoms with E-state index in [1.165, 1.54) is 18.4 Å². The van der Waals surface area contributed by atoms with E-state index in [1.807, 2.05) is 12.1 Å². The maximum atomic E-state index is 13.3. The number of fused-ring (bicyclic) bond motifs is 4. The minimum atomic E-state index is -0.811. The molecule has 1 aromatic rings. The van der Waals surface area contributed by atoms with Crippen LogP contribution in [0.25, 0.3) is 0 Å².